The highest BCUT2D eigenvalue weighted by atomic mass is 35.5. The van der Waals surface area contributed by atoms with Crippen molar-refractivity contribution in [2.45, 2.75) is 57.9 Å². The van der Waals surface area contributed by atoms with E-state index in [2.05, 4.69) is 0 Å². The number of ether oxygens (including phenoxy) is 6. The largest absolute Gasteiger partial charge is 0.491 e. The van der Waals surface area contributed by atoms with Gasteiger partial charge in [0.25, 0.3) is 0 Å². The molecule has 1 aliphatic rings. The number of aliphatic hydroxyl groups is 1. The number of rotatable bonds is 10. The van der Waals surface area contributed by atoms with Gasteiger partial charge in [0.2, 0.25) is 0 Å². The Balaban J connectivity index is 1.96. The van der Waals surface area contributed by atoms with Crippen molar-refractivity contribution < 1.29 is 47.9 Å². The highest BCUT2D eigenvalue weighted by Crippen LogP contribution is 2.39. The molecule has 0 amide bonds. The van der Waals surface area contributed by atoms with Gasteiger partial charge in [-0.1, -0.05) is 35.9 Å². The quantitative estimate of drug-likeness (QED) is 0.348. The third kappa shape index (κ3) is 7.67. The maximum absolute atomic E-state index is 12.1. The molecule has 0 saturated carbocycles. The SMILES string of the molecule is CO[C@H]1O[C@@H](c2ccc(Cl)c(Cc3ccc(OCCO)cc3)c2)[C@H](OC(C)=O)[C@@H](OC(C)=O)[C@@H]1OC(C)=O. The summed E-state index contributed by atoms with van der Waals surface area (Å²) in [4.78, 5) is 35.8. The monoisotopic (exact) mass is 550 g/mol. The van der Waals surface area contributed by atoms with Crippen LogP contribution in [-0.2, 0) is 44.5 Å². The van der Waals surface area contributed by atoms with Crippen molar-refractivity contribution >= 4 is 29.5 Å². The molecule has 1 N–H and O–H groups in total. The summed E-state index contributed by atoms with van der Waals surface area (Å²) in [5.74, 6) is -1.33. The van der Waals surface area contributed by atoms with E-state index < -0.39 is 48.6 Å². The van der Waals surface area contributed by atoms with Crippen LogP contribution in [0.15, 0.2) is 42.5 Å². The molecule has 0 aromatic heterocycles. The zero-order valence-electron chi connectivity index (χ0n) is 21.5. The number of aliphatic hydroxyl groups excluding tert-OH is 1. The third-order valence-corrected chi connectivity index (χ3v) is 6.08. The number of carbonyl (C=O) groups excluding carboxylic acids is 3. The number of hydrogen-bond acceptors (Lipinski definition) is 10. The highest BCUT2D eigenvalue weighted by Gasteiger charge is 2.52. The van der Waals surface area contributed by atoms with Crippen molar-refractivity contribution in [3.8, 4) is 5.75 Å². The maximum Gasteiger partial charge on any atom is 0.303 e. The fourth-order valence-corrected chi connectivity index (χ4v) is 4.41. The summed E-state index contributed by atoms with van der Waals surface area (Å²) in [6.07, 6.45) is -5.12. The molecule has 0 bridgehead atoms. The molecule has 10 nitrogen and oxygen atoms in total. The average Bonchev–Trinajstić information content (AvgIpc) is 2.86. The summed E-state index contributed by atoms with van der Waals surface area (Å²) < 4.78 is 33.3. The fourth-order valence-electron chi connectivity index (χ4n) is 4.23. The van der Waals surface area contributed by atoms with Crippen LogP contribution in [0, 0.1) is 0 Å². The van der Waals surface area contributed by atoms with E-state index in [1.54, 1.807) is 24.3 Å². The standard InChI is InChI=1S/C27H31ClO10/c1-15(30)35-24-23(38-27(33-4)26(37-17(3)32)25(24)36-16(2)31)19-7-10-22(28)20(14-19)13-18-5-8-21(9-6-18)34-12-11-29/h5-10,14,23-27,29H,11-13H2,1-4H3/t23-,24-,25+,26-,27-/m0/s1. The minimum Gasteiger partial charge on any atom is -0.491 e. The summed E-state index contributed by atoms with van der Waals surface area (Å²) in [7, 11) is 1.36. The second-order valence-corrected chi connectivity index (χ2v) is 9.03. The number of hydrogen-bond donors (Lipinski definition) is 1. The number of esters is 3. The lowest BCUT2D eigenvalue weighted by molar-refractivity contribution is -0.300. The van der Waals surface area contributed by atoms with Gasteiger partial charge in [0.15, 0.2) is 24.6 Å². The topological polar surface area (TPSA) is 127 Å². The molecule has 0 aliphatic carbocycles. The molecule has 3 rings (SSSR count). The van der Waals surface area contributed by atoms with Crippen LogP contribution >= 0.6 is 11.6 Å². The van der Waals surface area contributed by atoms with Crippen LogP contribution in [0.5, 0.6) is 5.75 Å². The summed E-state index contributed by atoms with van der Waals surface area (Å²) in [5, 5.41) is 9.43. The smallest absolute Gasteiger partial charge is 0.303 e. The third-order valence-electron chi connectivity index (χ3n) is 5.71. The lowest BCUT2D eigenvalue weighted by Crippen LogP contribution is -2.58. The van der Waals surface area contributed by atoms with Crippen molar-refractivity contribution in [1.29, 1.82) is 0 Å². The summed E-state index contributed by atoms with van der Waals surface area (Å²) in [5.41, 5.74) is 2.29. The zero-order chi connectivity index (χ0) is 27.8. The van der Waals surface area contributed by atoms with Crippen LogP contribution in [0.4, 0.5) is 0 Å². The van der Waals surface area contributed by atoms with E-state index in [-0.39, 0.29) is 13.2 Å². The molecule has 11 heteroatoms. The molecule has 206 valence electrons. The molecule has 2 aromatic carbocycles. The van der Waals surface area contributed by atoms with Gasteiger partial charge in [-0.05, 0) is 41.3 Å². The Labute approximate surface area is 225 Å². The Morgan fingerprint density at radius 2 is 1.50 bits per heavy atom. The molecule has 1 aliphatic heterocycles. The Bertz CT molecular complexity index is 1120. The van der Waals surface area contributed by atoms with E-state index in [9.17, 15) is 14.4 Å². The zero-order valence-corrected chi connectivity index (χ0v) is 22.3. The van der Waals surface area contributed by atoms with E-state index in [1.807, 2.05) is 18.2 Å². The van der Waals surface area contributed by atoms with Gasteiger partial charge in [0.05, 0.1) is 6.61 Å². The van der Waals surface area contributed by atoms with E-state index in [0.717, 1.165) is 11.1 Å². The first-order valence-electron chi connectivity index (χ1n) is 11.9. The van der Waals surface area contributed by atoms with Crippen molar-refractivity contribution in [3.63, 3.8) is 0 Å². The van der Waals surface area contributed by atoms with Gasteiger partial charge in [-0.15, -0.1) is 0 Å². The lowest BCUT2D eigenvalue weighted by Gasteiger charge is -2.44. The van der Waals surface area contributed by atoms with Crippen molar-refractivity contribution in [2.24, 2.45) is 0 Å². The van der Waals surface area contributed by atoms with Gasteiger partial charge in [-0.2, -0.15) is 0 Å². The lowest BCUT2D eigenvalue weighted by atomic mass is 9.91. The highest BCUT2D eigenvalue weighted by molar-refractivity contribution is 6.31. The molecular formula is C27H31ClO10. The van der Waals surface area contributed by atoms with Crippen LogP contribution < -0.4 is 4.74 Å². The molecule has 1 saturated heterocycles. The average molecular weight is 551 g/mol. The van der Waals surface area contributed by atoms with Crippen LogP contribution in [0.1, 0.15) is 43.6 Å². The van der Waals surface area contributed by atoms with E-state index in [0.29, 0.717) is 22.8 Å². The van der Waals surface area contributed by atoms with Gasteiger partial charge in [-0.25, -0.2) is 0 Å². The maximum atomic E-state index is 12.1. The number of methoxy groups -OCH3 is 1. The van der Waals surface area contributed by atoms with Gasteiger partial charge >= 0.3 is 17.9 Å². The molecule has 0 spiro atoms. The van der Waals surface area contributed by atoms with Crippen molar-refractivity contribution in [2.75, 3.05) is 20.3 Å². The first-order valence-corrected chi connectivity index (χ1v) is 12.3. The van der Waals surface area contributed by atoms with Gasteiger partial charge in [0, 0.05) is 32.9 Å². The number of benzene rings is 2. The van der Waals surface area contributed by atoms with Crippen molar-refractivity contribution in [1.82, 2.24) is 0 Å². The van der Waals surface area contributed by atoms with Crippen molar-refractivity contribution in [3.05, 3.63) is 64.2 Å². The fraction of sp³-hybridized carbons (Fsp3) is 0.444. The molecular weight excluding hydrogens is 520 g/mol. The predicted octanol–water partition coefficient (Wildman–Crippen LogP) is 3.14. The molecule has 38 heavy (non-hydrogen) atoms. The van der Waals surface area contributed by atoms with E-state index in [1.165, 1.54) is 27.9 Å². The normalized spacial score (nSPS) is 22.8. The van der Waals surface area contributed by atoms with Crippen LogP contribution in [0.3, 0.4) is 0 Å². The van der Waals surface area contributed by atoms with E-state index in [4.69, 9.17) is 45.1 Å². The molecule has 5 atom stereocenters. The van der Waals surface area contributed by atoms with Crippen LogP contribution in [0.2, 0.25) is 5.02 Å². The predicted molar refractivity (Wildman–Crippen MR) is 135 cm³/mol. The van der Waals surface area contributed by atoms with Gasteiger partial charge < -0.3 is 33.5 Å². The minimum atomic E-state index is -1.20. The molecule has 1 heterocycles. The summed E-state index contributed by atoms with van der Waals surface area (Å²) >= 11 is 6.51. The Kier molecular flexibility index (Phi) is 10.5. The molecule has 0 unspecified atom stereocenters. The second kappa shape index (κ2) is 13.6. The molecule has 1 fully saturated rings. The Morgan fingerprint density at radius 1 is 0.895 bits per heavy atom. The summed E-state index contributed by atoms with van der Waals surface area (Å²) in [6.45, 7) is 3.73. The first-order chi connectivity index (χ1) is 18.1. The van der Waals surface area contributed by atoms with E-state index >= 15 is 0 Å². The summed E-state index contributed by atoms with van der Waals surface area (Å²) in [6, 6.07) is 12.6. The Morgan fingerprint density at radius 3 is 2.08 bits per heavy atom. The van der Waals surface area contributed by atoms with Gasteiger partial charge in [0.1, 0.15) is 18.5 Å². The first kappa shape index (κ1) is 29.4. The van der Waals surface area contributed by atoms with Crippen LogP contribution in [0.25, 0.3) is 0 Å². The minimum absolute atomic E-state index is 0.0778. The van der Waals surface area contributed by atoms with Crippen LogP contribution in [-0.4, -0.2) is 67.9 Å². The number of halogens is 1. The molecule has 0 radical (unpaired) electrons. The second-order valence-electron chi connectivity index (χ2n) is 8.63. The van der Waals surface area contributed by atoms with Gasteiger partial charge in [-0.3, -0.25) is 14.4 Å². The molecule has 2 aromatic rings. The Hall–Kier alpha value is -3.18. The number of carbonyl (C=O) groups is 3.